The van der Waals surface area contributed by atoms with Crippen molar-refractivity contribution in [3.8, 4) is 6.07 Å². The number of amides is 4. The number of hydrogen-bond acceptors (Lipinski definition) is 7. The van der Waals surface area contributed by atoms with Crippen LogP contribution in [0.15, 0.2) is 120 Å². The van der Waals surface area contributed by atoms with Crippen LogP contribution < -0.4 is 16.0 Å². The van der Waals surface area contributed by atoms with Crippen LogP contribution in [-0.2, 0) is 27.3 Å². The van der Waals surface area contributed by atoms with Crippen LogP contribution in [0.5, 0.6) is 0 Å². The first-order chi connectivity index (χ1) is 25.2. The third-order valence-electron chi connectivity index (χ3n) is 8.55. The Bertz CT molecular complexity index is 2210. The summed E-state index contributed by atoms with van der Waals surface area (Å²) in [5.41, 5.74) is 4.75. The predicted molar refractivity (Wildman–Crippen MR) is 206 cm³/mol. The fourth-order valence-corrected chi connectivity index (χ4v) is 8.09. The maximum absolute atomic E-state index is 14.0. The minimum atomic E-state index is -0.701. The predicted octanol–water partition coefficient (Wildman–Crippen LogP) is 7.71. The number of hydrogen-bond donors (Lipinski definition) is 3. The summed E-state index contributed by atoms with van der Waals surface area (Å²) in [4.78, 5) is 56.3. The number of thiophene rings is 1. The summed E-state index contributed by atoms with van der Waals surface area (Å²) in [7, 11) is 0. The second-order valence-corrected chi connectivity index (χ2v) is 14.4. The van der Waals surface area contributed by atoms with Gasteiger partial charge in [0.05, 0.1) is 12.1 Å². The average Bonchev–Trinajstić information content (AvgIpc) is 3.51. The van der Waals surface area contributed by atoms with Gasteiger partial charge < -0.3 is 20.9 Å². The molecule has 2 heterocycles. The zero-order chi connectivity index (χ0) is 36.6. The number of nitrogens with one attached hydrogen (secondary N) is 3. The van der Waals surface area contributed by atoms with Crippen LogP contribution in [-0.4, -0.2) is 35.1 Å². The second-order valence-electron chi connectivity index (χ2n) is 12.1. The van der Waals surface area contributed by atoms with Crippen molar-refractivity contribution < 1.29 is 19.2 Å². The van der Waals surface area contributed by atoms with Crippen LogP contribution in [0.3, 0.4) is 0 Å². The zero-order valence-electron chi connectivity index (χ0n) is 28.5. The molecular weight excluding hydrogens is 691 g/mol. The highest BCUT2D eigenvalue weighted by atomic mass is 32.2. The molecule has 4 aromatic carbocycles. The summed E-state index contributed by atoms with van der Waals surface area (Å²) in [6.45, 7) is 4.39. The highest BCUT2D eigenvalue weighted by molar-refractivity contribution is 8.00. The summed E-state index contributed by atoms with van der Waals surface area (Å²) < 4.78 is 0. The molecule has 0 saturated carbocycles. The number of carbonyl (C=O) groups excluding carboxylic acids is 4. The van der Waals surface area contributed by atoms with Gasteiger partial charge in [-0.15, -0.1) is 23.1 Å². The Morgan fingerprint density at radius 2 is 1.62 bits per heavy atom. The molecular formula is C41H35N5O4S2. The molecule has 1 aliphatic rings. The summed E-state index contributed by atoms with van der Waals surface area (Å²) in [6, 6.07) is 35.0. The number of fused-ring (bicyclic) bond motifs is 1. The lowest BCUT2D eigenvalue weighted by Crippen LogP contribution is -2.33. The molecule has 5 aromatic rings. The van der Waals surface area contributed by atoms with Crippen LogP contribution in [0.2, 0.25) is 0 Å². The topological polar surface area (TPSA) is 131 Å². The lowest BCUT2D eigenvalue weighted by Gasteiger charge is -2.25. The fraction of sp³-hybridized carbons (Fsp3) is 0.146. The van der Waals surface area contributed by atoms with Gasteiger partial charge in [0.15, 0.2) is 0 Å². The van der Waals surface area contributed by atoms with Crippen LogP contribution in [0, 0.1) is 18.3 Å². The molecule has 52 heavy (non-hydrogen) atoms. The van der Waals surface area contributed by atoms with Crippen LogP contribution in [0.25, 0.3) is 6.08 Å². The van der Waals surface area contributed by atoms with E-state index in [0.29, 0.717) is 46.2 Å². The highest BCUT2D eigenvalue weighted by Gasteiger charge is 2.29. The van der Waals surface area contributed by atoms with Gasteiger partial charge in [0.2, 0.25) is 11.8 Å². The largest absolute Gasteiger partial charge is 0.337 e. The molecule has 3 N–H and O–H groups in total. The van der Waals surface area contributed by atoms with Gasteiger partial charge in [-0.3, -0.25) is 19.2 Å². The first-order valence-corrected chi connectivity index (χ1v) is 18.3. The quantitative estimate of drug-likeness (QED) is 0.0999. The van der Waals surface area contributed by atoms with Crippen molar-refractivity contribution in [3.05, 3.63) is 153 Å². The molecule has 1 unspecified atom stereocenters. The van der Waals surface area contributed by atoms with E-state index in [1.165, 1.54) is 30.0 Å². The molecule has 260 valence electrons. The summed E-state index contributed by atoms with van der Waals surface area (Å²) in [6.07, 6.45) is 2.20. The van der Waals surface area contributed by atoms with Crippen LogP contribution in [0.4, 0.5) is 10.7 Å². The smallest absolute Gasteiger partial charge is 0.272 e. The van der Waals surface area contributed by atoms with Crippen molar-refractivity contribution in [3.63, 3.8) is 0 Å². The molecule has 0 fully saturated rings. The molecule has 4 amide bonds. The lowest BCUT2D eigenvalue weighted by atomic mass is 10.0. The standard InChI is InChI=1S/C41H35N5O4S2/c1-26-12-9-10-17-30(26)22-35(44-38(48)29-15-7-4-8-16-29)39(49)43-31-18-11-19-32(23-31)51-37(28-13-5-3-6-14-28)40(50)45-41-34(24-42)33-20-21-46(27(2)47)25-36(33)52-41/h3-19,22-23,37H,20-21,25H2,1-2H3,(H,43,49)(H,44,48)(H,45,50)/b35-22-. The number of aryl methyl sites for hydroxylation is 1. The first-order valence-electron chi connectivity index (χ1n) is 16.6. The summed E-state index contributed by atoms with van der Waals surface area (Å²) in [5.74, 6) is -1.27. The molecule has 1 aliphatic heterocycles. The van der Waals surface area contributed by atoms with Crippen LogP contribution in [0.1, 0.15) is 55.2 Å². The van der Waals surface area contributed by atoms with Gasteiger partial charge in [0.1, 0.15) is 22.0 Å². The molecule has 11 heteroatoms. The van der Waals surface area contributed by atoms with E-state index in [0.717, 1.165) is 27.1 Å². The van der Waals surface area contributed by atoms with Gasteiger partial charge >= 0.3 is 0 Å². The number of anilines is 2. The van der Waals surface area contributed by atoms with Crippen molar-refractivity contribution in [1.82, 2.24) is 10.2 Å². The van der Waals surface area contributed by atoms with Gasteiger partial charge in [-0.25, -0.2) is 0 Å². The van der Waals surface area contributed by atoms with Crippen molar-refractivity contribution in [1.29, 1.82) is 5.26 Å². The minimum absolute atomic E-state index is 0.0300. The Labute approximate surface area is 310 Å². The highest BCUT2D eigenvalue weighted by Crippen LogP contribution is 2.40. The van der Waals surface area contributed by atoms with E-state index in [1.54, 1.807) is 53.4 Å². The van der Waals surface area contributed by atoms with Crippen LogP contribution >= 0.6 is 23.1 Å². The lowest BCUT2D eigenvalue weighted by molar-refractivity contribution is -0.129. The average molecular weight is 726 g/mol. The Morgan fingerprint density at radius 1 is 0.904 bits per heavy atom. The second kappa shape index (κ2) is 16.4. The number of carbonyl (C=O) groups is 4. The van der Waals surface area contributed by atoms with E-state index in [-0.39, 0.29) is 17.5 Å². The number of nitrogens with zero attached hydrogens (tertiary/aromatic N) is 2. The van der Waals surface area contributed by atoms with E-state index in [9.17, 15) is 24.4 Å². The van der Waals surface area contributed by atoms with E-state index in [1.807, 2.05) is 73.7 Å². The molecule has 0 radical (unpaired) electrons. The van der Waals surface area contributed by atoms with Gasteiger partial charge in [-0.1, -0.05) is 78.9 Å². The number of nitriles is 1. The van der Waals surface area contributed by atoms with Gasteiger partial charge in [-0.05, 0) is 72.0 Å². The summed E-state index contributed by atoms with van der Waals surface area (Å²) >= 11 is 2.64. The third-order valence-corrected chi connectivity index (χ3v) is 10.9. The van der Waals surface area contributed by atoms with Gasteiger partial charge in [-0.2, -0.15) is 5.26 Å². The molecule has 9 nitrogen and oxygen atoms in total. The van der Waals surface area contributed by atoms with E-state index in [2.05, 4.69) is 22.0 Å². The maximum Gasteiger partial charge on any atom is 0.272 e. The van der Waals surface area contributed by atoms with Gasteiger partial charge in [0, 0.05) is 34.5 Å². The molecule has 0 aliphatic carbocycles. The monoisotopic (exact) mass is 725 g/mol. The van der Waals surface area contributed by atoms with E-state index >= 15 is 0 Å². The number of rotatable bonds is 10. The fourth-order valence-electron chi connectivity index (χ4n) is 5.79. The number of thioether (sulfide) groups is 1. The van der Waals surface area contributed by atoms with Crippen molar-refractivity contribution in [2.75, 3.05) is 17.2 Å². The Kier molecular flexibility index (Phi) is 11.3. The summed E-state index contributed by atoms with van der Waals surface area (Å²) in [5, 5.41) is 18.5. The SMILES string of the molecule is CC(=O)N1CCc2c(sc(NC(=O)C(Sc3cccc(NC(=O)/C(=C/c4ccccc4C)NC(=O)c4ccccc4)c3)c3ccccc3)c2C#N)C1. The van der Waals surface area contributed by atoms with E-state index < -0.39 is 17.1 Å². The van der Waals surface area contributed by atoms with Crippen molar-refractivity contribution in [2.45, 2.75) is 37.0 Å². The molecule has 1 atom stereocenters. The molecule has 0 spiro atoms. The molecule has 0 saturated heterocycles. The van der Waals surface area contributed by atoms with Crippen molar-refractivity contribution in [2.24, 2.45) is 0 Å². The van der Waals surface area contributed by atoms with Gasteiger partial charge in [0.25, 0.3) is 11.8 Å². The molecule has 0 bridgehead atoms. The van der Waals surface area contributed by atoms with Crippen molar-refractivity contribution >= 4 is 63.5 Å². The first kappa shape index (κ1) is 35.9. The maximum atomic E-state index is 14.0. The molecule has 1 aromatic heterocycles. The van der Waals surface area contributed by atoms with E-state index in [4.69, 9.17) is 0 Å². The normalized spacial score (nSPS) is 12.9. The minimum Gasteiger partial charge on any atom is -0.337 e. The third kappa shape index (κ3) is 8.49. The Balaban J connectivity index is 1.24. The zero-order valence-corrected chi connectivity index (χ0v) is 30.1. The number of benzene rings is 4. The molecule has 6 rings (SSSR count). The Hall–Kier alpha value is -5.96. The Morgan fingerprint density at radius 3 is 2.33 bits per heavy atom.